The molecule has 0 aliphatic rings. The molecule has 1 aromatic heterocycles. The summed E-state index contributed by atoms with van der Waals surface area (Å²) in [6.45, 7) is 7.65. The standard InChI is InChI=1S/C25H28N2O5.C13H26N2O3/c1-3-23-26-21(19-8-6-5-7-9-19)17-24(28)27(23)14-15-32-20-12-10-18(11-13-20)16-22(25(29)30)31-4-2;1-2-3-4-5-6-7-10-15-11(13(17)18)8-9-12(14)16/h5-13,17,22H,3-4,14-16H2,1-2H3,(H,29,30);11,15H,2-10H2,1H3,(H2,14,16)(H,17,18)/t;11-/m.0/s1. The SMILES string of the molecule is CCCCCCCCN[C@@H](CCC(N)=O)C(=O)O.CCOC(Cc1ccc(OCCn2c(CC)nc(-c3ccccc3)cc2=O)cc1)C(=O)O. The van der Waals surface area contributed by atoms with Crippen LogP contribution in [0.3, 0.4) is 0 Å². The predicted octanol–water partition coefficient (Wildman–Crippen LogP) is 5.24. The Bertz CT molecular complexity index is 1490. The summed E-state index contributed by atoms with van der Waals surface area (Å²) in [5.41, 5.74) is 7.34. The molecule has 5 N–H and O–H groups in total. The van der Waals surface area contributed by atoms with E-state index in [1.807, 2.05) is 49.4 Å². The second-order valence-corrected chi connectivity index (χ2v) is 11.9. The van der Waals surface area contributed by atoms with Gasteiger partial charge in [-0.15, -0.1) is 0 Å². The van der Waals surface area contributed by atoms with Crippen LogP contribution in [0.25, 0.3) is 11.3 Å². The van der Waals surface area contributed by atoms with E-state index in [9.17, 15) is 24.3 Å². The number of amides is 1. The van der Waals surface area contributed by atoms with Crippen LogP contribution < -0.4 is 21.3 Å². The lowest BCUT2D eigenvalue weighted by Crippen LogP contribution is -2.38. The molecule has 12 heteroatoms. The van der Waals surface area contributed by atoms with E-state index in [1.165, 1.54) is 25.7 Å². The summed E-state index contributed by atoms with van der Waals surface area (Å²) in [6.07, 6.45) is 7.48. The van der Waals surface area contributed by atoms with Gasteiger partial charge in [0, 0.05) is 37.5 Å². The molecule has 50 heavy (non-hydrogen) atoms. The van der Waals surface area contributed by atoms with Crippen LogP contribution in [0.2, 0.25) is 0 Å². The molecule has 12 nitrogen and oxygen atoms in total. The summed E-state index contributed by atoms with van der Waals surface area (Å²) in [7, 11) is 0. The van der Waals surface area contributed by atoms with Gasteiger partial charge in [0.1, 0.15) is 24.2 Å². The molecule has 2 aromatic carbocycles. The number of hydrogen-bond donors (Lipinski definition) is 4. The first-order chi connectivity index (χ1) is 24.1. The lowest BCUT2D eigenvalue weighted by molar-refractivity contribution is -0.150. The zero-order chi connectivity index (χ0) is 36.7. The maximum absolute atomic E-state index is 12.7. The van der Waals surface area contributed by atoms with Crippen LogP contribution in [-0.4, -0.2) is 69.5 Å². The Labute approximate surface area is 295 Å². The Morgan fingerprint density at radius 3 is 2.20 bits per heavy atom. The Morgan fingerprint density at radius 2 is 1.60 bits per heavy atom. The van der Waals surface area contributed by atoms with Gasteiger partial charge in [-0.3, -0.25) is 19.0 Å². The molecule has 0 fully saturated rings. The Hall–Kier alpha value is -4.55. The minimum atomic E-state index is -0.976. The number of primary amides is 1. The van der Waals surface area contributed by atoms with Gasteiger partial charge in [-0.2, -0.15) is 0 Å². The molecule has 0 radical (unpaired) electrons. The number of benzene rings is 2. The van der Waals surface area contributed by atoms with Crippen molar-refractivity contribution in [2.75, 3.05) is 19.8 Å². The van der Waals surface area contributed by atoms with Crippen molar-refractivity contribution in [2.24, 2.45) is 5.73 Å². The molecule has 0 saturated carbocycles. The highest BCUT2D eigenvalue weighted by molar-refractivity contribution is 5.77. The summed E-state index contributed by atoms with van der Waals surface area (Å²) in [5, 5.41) is 21.1. The number of aryl methyl sites for hydroxylation is 1. The molecule has 0 aliphatic heterocycles. The lowest BCUT2D eigenvalue weighted by atomic mass is 10.1. The van der Waals surface area contributed by atoms with Crippen molar-refractivity contribution >= 4 is 17.8 Å². The van der Waals surface area contributed by atoms with Crippen LogP contribution >= 0.6 is 0 Å². The monoisotopic (exact) mass is 694 g/mol. The number of carboxylic acids is 2. The van der Waals surface area contributed by atoms with Crippen molar-refractivity contribution in [2.45, 2.75) is 104 Å². The number of carboxylic acid groups (broad SMARTS) is 2. The number of nitrogens with two attached hydrogens (primary N) is 1. The van der Waals surface area contributed by atoms with Crippen molar-refractivity contribution in [1.29, 1.82) is 0 Å². The van der Waals surface area contributed by atoms with Crippen molar-refractivity contribution in [3.8, 4) is 17.0 Å². The van der Waals surface area contributed by atoms with E-state index in [1.54, 1.807) is 29.7 Å². The quantitative estimate of drug-likeness (QED) is 0.0958. The molecular weight excluding hydrogens is 640 g/mol. The van der Waals surface area contributed by atoms with Crippen LogP contribution in [-0.2, 0) is 38.5 Å². The molecule has 274 valence electrons. The zero-order valence-corrected chi connectivity index (χ0v) is 29.6. The second-order valence-electron chi connectivity index (χ2n) is 11.9. The van der Waals surface area contributed by atoms with E-state index < -0.39 is 30.0 Å². The molecule has 0 aliphatic carbocycles. The number of carbonyl (C=O) groups excluding carboxylic acids is 1. The van der Waals surface area contributed by atoms with E-state index in [4.69, 9.17) is 20.3 Å². The average molecular weight is 695 g/mol. The van der Waals surface area contributed by atoms with Gasteiger partial charge in [0.25, 0.3) is 5.56 Å². The van der Waals surface area contributed by atoms with Gasteiger partial charge in [0.2, 0.25) is 5.91 Å². The van der Waals surface area contributed by atoms with Gasteiger partial charge in [0.05, 0.1) is 12.2 Å². The van der Waals surface area contributed by atoms with Crippen molar-refractivity contribution < 1.29 is 34.1 Å². The normalized spacial score (nSPS) is 12.0. The van der Waals surface area contributed by atoms with E-state index >= 15 is 0 Å². The molecule has 0 spiro atoms. The van der Waals surface area contributed by atoms with Crippen molar-refractivity contribution in [3.05, 3.63) is 82.4 Å². The van der Waals surface area contributed by atoms with Crippen LogP contribution in [0.1, 0.15) is 83.5 Å². The van der Waals surface area contributed by atoms with Crippen molar-refractivity contribution in [3.63, 3.8) is 0 Å². The Morgan fingerprint density at radius 1 is 0.920 bits per heavy atom. The molecule has 0 bridgehead atoms. The largest absolute Gasteiger partial charge is 0.492 e. The first kappa shape index (κ1) is 41.6. The molecule has 1 amide bonds. The molecule has 2 atom stereocenters. The smallest absolute Gasteiger partial charge is 0.333 e. The fraction of sp³-hybridized carbons (Fsp3) is 0.500. The summed E-state index contributed by atoms with van der Waals surface area (Å²) in [6, 6.07) is 17.8. The highest BCUT2D eigenvalue weighted by Gasteiger charge is 2.18. The molecule has 0 saturated heterocycles. The first-order valence-electron chi connectivity index (χ1n) is 17.6. The summed E-state index contributed by atoms with van der Waals surface area (Å²) in [5.74, 6) is -0.982. The van der Waals surface area contributed by atoms with Gasteiger partial charge < -0.3 is 30.7 Å². The number of aliphatic carboxylic acids is 2. The van der Waals surface area contributed by atoms with Crippen LogP contribution in [0.4, 0.5) is 0 Å². The van der Waals surface area contributed by atoms with Gasteiger partial charge in [-0.1, -0.05) is 88.4 Å². The summed E-state index contributed by atoms with van der Waals surface area (Å²) < 4.78 is 12.7. The molecular formula is C38H54N4O8. The van der Waals surface area contributed by atoms with Gasteiger partial charge in [-0.25, -0.2) is 9.78 Å². The highest BCUT2D eigenvalue weighted by Crippen LogP contribution is 2.17. The number of nitrogens with zero attached hydrogens (tertiary/aromatic N) is 2. The number of hydrogen-bond acceptors (Lipinski definition) is 8. The summed E-state index contributed by atoms with van der Waals surface area (Å²) in [4.78, 5) is 50.1. The van der Waals surface area contributed by atoms with Gasteiger partial charge in [0.15, 0.2) is 6.10 Å². The number of rotatable bonds is 23. The molecule has 1 heterocycles. The highest BCUT2D eigenvalue weighted by atomic mass is 16.5. The third-order valence-electron chi connectivity index (χ3n) is 7.94. The second kappa shape index (κ2) is 23.7. The summed E-state index contributed by atoms with van der Waals surface area (Å²) >= 11 is 0. The average Bonchev–Trinajstić information content (AvgIpc) is 3.10. The van der Waals surface area contributed by atoms with Gasteiger partial charge in [-0.05, 0) is 44.0 Å². The van der Waals surface area contributed by atoms with E-state index in [-0.39, 0.29) is 24.8 Å². The zero-order valence-electron chi connectivity index (χ0n) is 29.6. The third-order valence-corrected chi connectivity index (χ3v) is 7.94. The molecule has 3 rings (SSSR count). The van der Waals surface area contributed by atoms with Gasteiger partial charge >= 0.3 is 11.9 Å². The molecule has 1 unspecified atom stereocenters. The number of unbranched alkanes of at least 4 members (excludes halogenated alkanes) is 5. The fourth-order valence-corrected chi connectivity index (χ4v) is 5.21. The van der Waals surface area contributed by atoms with Crippen LogP contribution in [0.5, 0.6) is 5.75 Å². The number of ether oxygens (including phenoxy) is 2. The number of nitrogens with one attached hydrogen (secondary N) is 1. The fourth-order valence-electron chi connectivity index (χ4n) is 5.21. The minimum absolute atomic E-state index is 0.106. The maximum Gasteiger partial charge on any atom is 0.333 e. The van der Waals surface area contributed by atoms with E-state index in [0.29, 0.717) is 50.0 Å². The Kier molecular flexibility index (Phi) is 19.8. The van der Waals surface area contributed by atoms with Crippen LogP contribution in [0, 0.1) is 0 Å². The van der Waals surface area contributed by atoms with Crippen molar-refractivity contribution in [1.82, 2.24) is 14.9 Å². The lowest BCUT2D eigenvalue weighted by Gasteiger charge is -2.14. The molecule has 3 aromatic rings. The number of carbonyl (C=O) groups is 3. The third kappa shape index (κ3) is 15.8. The van der Waals surface area contributed by atoms with E-state index in [0.717, 1.165) is 24.0 Å². The van der Waals surface area contributed by atoms with Crippen LogP contribution in [0.15, 0.2) is 65.5 Å². The predicted molar refractivity (Wildman–Crippen MR) is 193 cm³/mol. The topological polar surface area (TPSA) is 183 Å². The Balaban J connectivity index is 0.000000411. The maximum atomic E-state index is 12.7. The van der Waals surface area contributed by atoms with E-state index in [2.05, 4.69) is 17.2 Å². The minimum Gasteiger partial charge on any atom is -0.492 e. The number of aromatic nitrogens is 2. The first-order valence-corrected chi connectivity index (χ1v) is 17.6.